The second kappa shape index (κ2) is 6.41. The third-order valence-electron chi connectivity index (χ3n) is 4.28. The summed E-state index contributed by atoms with van der Waals surface area (Å²) in [6.07, 6.45) is -0.810. The Morgan fingerprint density at radius 1 is 1.16 bits per heavy atom. The molecule has 3 aromatic rings. The first kappa shape index (κ1) is 16.5. The first-order chi connectivity index (χ1) is 12.0. The lowest BCUT2D eigenvalue weighted by Gasteiger charge is -2.19. The van der Waals surface area contributed by atoms with Crippen molar-refractivity contribution in [2.24, 2.45) is 0 Å². The molecule has 5 nitrogen and oxygen atoms in total. The fraction of sp³-hybridized carbons (Fsp3) is 0.278. The number of aliphatic hydroxyl groups excluding tert-OH is 1. The molecule has 0 bridgehead atoms. The lowest BCUT2D eigenvalue weighted by Crippen LogP contribution is -2.15. The fourth-order valence-electron chi connectivity index (χ4n) is 3.05. The van der Waals surface area contributed by atoms with E-state index in [2.05, 4.69) is 4.98 Å². The van der Waals surface area contributed by atoms with Gasteiger partial charge in [-0.15, -0.1) is 0 Å². The molecule has 0 radical (unpaired) electrons. The number of nitrogens with zero attached hydrogens (tertiary/aromatic N) is 2. The molecule has 25 heavy (non-hydrogen) atoms. The Morgan fingerprint density at radius 3 is 2.64 bits per heavy atom. The first-order valence-electron chi connectivity index (χ1n) is 7.92. The average molecular weight is 379 g/mol. The van der Waals surface area contributed by atoms with Crippen LogP contribution in [-0.2, 0) is 6.54 Å². The zero-order chi connectivity index (χ0) is 17.6. The van der Waals surface area contributed by atoms with Gasteiger partial charge in [-0.05, 0) is 25.1 Å². The smallest absolute Gasteiger partial charge is 0.163 e. The van der Waals surface area contributed by atoms with Gasteiger partial charge in [0.25, 0.3) is 0 Å². The monoisotopic (exact) mass is 378 g/mol. The minimum Gasteiger partial charge on any atom is -0.486 e. The van der Waals surface area contributed by atoms with Crippen molar-refractivity contribution in [3.8, 4) is 11.5 Å². The third-order valence-corrected chi connectivity index (χ3v) is 4.85. The number of fused-ring (bicyclic) bond motifs is 2. The Kier molecular flexibility index (Phi) is 4.23. The topological polar surface area (TPSA) is 56.5 Å². The predicted octanol–water partition coefficient (Wildman–Crippen LogP) is 4.16. The van der Waals surface area contributed by atoms with Crippen LogP contribution in [-0.4, -0.2) is 27.9 Å². The van der Waals surface area contributed by atoms with E-state index in [0.717, 1.165) is 16.9 Å². The van der Waals surface area contributed by atoms with Crippen LogP contribution >= 0.6 is 23.2 Å². The van der Waals surface area contributed by atoms with Gasteiger partial charge >= 0.3 is 0 Å². The molecule has 1 atom stereocenters. The Bertz CT molecular complexity index is 955. The molecule has 1 aliphatic heterocycles. The van der Waals surface area contributed by atoms with Gasteiger partial charge in [0.15, 0.2) is 11.5 Å². The van der Waals surface area contributed by atoms with Crippen LogP contribution in [0.2, 0.25) is 10.0 Å². The Labute approximate surface area is 154 Å². The van der Waals surface area contributed by atoms with Gasteiger partial charge in [-0.1, -0.05) is 23.2 Å². The van der Waals surface area contributed by atoms with E-state index in [1.54, 1.807) is 18.2 Å². The molecule has 1 N–H and O–H groups in total. The van der Waals surface area contributed by atoms with E-state index < -0.39 is 6.10 Å². The van der Waals surface area contributed by atoms with Crippen LogP contribution in [0, 0.1) is 6.92 Å². The summed E-state index contributed by atoms with van der Waals surface area (Å²) >= 11 is 12.2. The zero-order valence-electron chi connectivity index (χ0n) is 13.5. The number of hydrogen-bond acceptors (Lipinski definition) is 4. The summed E-state index contributed by atoms with van der Waals surface area (Å²) in [5.74, 6) is 2.17. The number of benzene rings is 2. The van der Waals surface area contributed by atoms with Gasteiger partial charge in [0.1, 0.15) is 19.0 Å². The van der Waals surface area contributed by atoms with Crippen LogP contribution in [0.3, 0.4) is 0 Å². The van der Waals surface area contributed by atoms with Crippen LogP contribution in [0.15, 0.2) is 30.3 Å². The maximum Gasteiger partial charge on any atom is 0.163 e. The van der Waals surface area contributed by atoms with E-state index in [4.69, 9.17) is 32.7 Å². The molecule has 1 aromatic heterocycles. The molecule has 130 valence electrons. The number of rotatable bonds is 3. The number of hydrogen-bond donors (Lipinski definition) is 1. The van der Waals surface area contributed by atoms with Crippen molar-refractivity contribution in [1.82, 2.24) is 9.55 Å². The van der Waals surface area contributed by atoms with Gasteiger partial charge in [0.2, 0.25) is 0 Å². The van der Waals surface area contributed by atoms with Crippen molar-refractivity contribution >= 4 is 34.2 Å². The summed E-state index contributed by atoms with van der Waals surface area (Å²) in [5.41, 5.74) is 2.26. The highest BCUT2D eigenvalue weighted by Crippen LogP contribution is 2.35. The van der Waals surface area contributed by atoms with Gasteiger partial charge in [-0.3, -0.25) is 0 Å². The largest absolute Gasteiger partial charge is 0.486 e. The molecule has 0 aliphatic carbocycles. The first-order valence-corrected chi connectivity index (χ1v) is 8.68. The van der Waals surface area contributed by atoms with E-state index in [0.29, 0.717) is 46.9 Å². The second-order valence-corrected chi connectivity index (χ2v) is 6.78. The highest BCUT2D eigenvalue weighted by Gasteiger charge is 2.20. The van der Waals surface area contributed by atoms with Gasteiger partial charge in [0.05, 0.1) is 23.7 Å². The van der Waals surface area contributed by atoms with Crippen molar-refractivity contribution in [2.45, 2.75) is 19.6 Å². The highest BCUT2D eigenvalue weighted by atomic mass is 35.5. The maximum absolute atomic E-state index is 10.7. The van der Waals surface area contributed by atoms with Gasteiger partial charge in [0, 0.05) is 27.7 Å². The van der Waals surface area contributed by atoms with Crippen molar-refractivity contribution in [1.29, 1.82) is 0 Å². The molecule has 0 amide bonds. The molecule has 1 aliphatic rings. The molecule has 0 unspecified atom stereocenters. The summed E-state index contributed by atoms with van der Waals surface area (Å²) in [7, 11) is 0. The summed E-state index contributed by atoms with van der Waals surface area (Å²) in [6.45, 7) is 3.26. The van der Waals surface area contributed by atoms with E-state index in [1.165, 1.54) is 0 Å². The lowest BCUT2D eigenvalue weighted by atomic mass is 10.1. The van der Waals surface area contributed by atoms with Crippen molar-refractivity contribution in [2.75, 3.05) is 13.2 Å². The van der Waals surface area contributed by atoms with Crippen molar-refractivity contribution < 1.29 is 14.6 Å². The molecule has 7 heteroatoms. The van der Waals surface area contributed by atoms with Gasteiger partial charge < -0.3 is 19.1 Å². The third kappa shape index (κ3) is 3.03. The van der Waals surface area contributed by atoms with E-state index in [-0.39, 0.29) is 0 Å². The Balaban J connectivity index is 1.73. The summed E-state index contributed by atoms with van der Waals surface area (Å²) < 4.78 is 13.2. The number of halogens is 2. The molecular weight excluding hydrogens is 363 g/mol. The standard InChI is InChI=1S/C18H16Cl2N2O3/c1-10-21-14-7-17-18(25-5-4-24-17)8-15(14)22(10)9-16(23)12-6-11(19)2-3-13(12)20/h2-3,6-8,16,23H,4-5,9H2,1H3/t16-/m0/s1. The number of ether oxygens (including phenoxy) is 2. The molecular formula is C18H16Cl2N2O3. The molecule has 2 heterocycles. The lowest BCUT2D eigenvalue weighted by molar-refractivity contribution is 0.157. The predicted molar refractivity (Wildman–Crippen MR) is 96.9 cm³/mol. The number of aliphatic hydroxyl groups is 1. The van der Waals surface area contributed by atoms with Crippen molar-refractivity contribution in [3.05, 3.63) is 51.8 Å². The SMILES string of the molecule is Cc1nc2cc3c(cc2n1C[C@H](O)c1cc(Cl)ccc1Cl)OCCO3. The number of aromatic nitrogens is 2. The molecule has 4 rings (SSSR count). The summed E-state index contributed by atoms with van der Waals surface area (Å²) in [5, 5.41) is 11.7. The Morgan fingerprint density at radius 2 is 1.88 bits per heavy atom. The maximum atomic E-state index is 10.7. The Hall–Kier alpha value is -1.95. The van der Waals surface area contributed by atoms with Crippen LogP contribution in [0.5, 0.6) is 11.5 Å². The van der Waals surface area contributed by atoms with Gasteiger partial charge in [-0.2, -0.15) is 0 Å². The normalized spacial score (nSPS) is 14.7. The van der Waals surface area contributed by atoms with Crippen LogP contribution < -0.4 is 9.47 Å². The molecule has 0 saturated heterocycles. The minimum atomic E-state index is -0.810. The fourth-order valence-corrected chi connectivity index (χ4v) is 3.48. The van der Waals surface area contributed by atoms with Crippen LogP contribution in [0.4, 0.5) is 0 Å². The summed E-state index contributed by atoms with van der Waals surface area (Å²) in [6, 6.07) is 8.83. The number of aryl methyl sites for hydroxylation is 1. The molecule has 0 saturated carbocycles. The van der Waals surface area contributed by atoms with E-state index >= 15 is 0 Å². The van der Waals surface area contributed by atoms with Gasteiger partial charge in [-0.25, -0.2) is 4.98 Å². The number of imidazole rings is 1. The minimum absolute atomic E-state index is 0.308. The highest BCUT2D eigenvalue weighted by molar-refractivity contribution is 6.33. The average Bonchev–Trinajstić information content (AvgIpc) is 2.89. The van der Waals surface area contributed by atoms with E-state index in [1.807, 2.05) is 23.6 Å². The zero-order valence-corrected chi connectivity index (χ0v) is 15.0. The summed E-state index contributed by atoms with van der Waals surface area (Å²) in [4.78, 5) is 4.57. The van der Waals surface area contributed by atoms with Crippen molar-refractivity contribution in [3.63, 3.8) is 0 Å². The van der Waals surface area contributed by atoms with E-state index in [9.17, 15) is 5.11 Å². The molecule has 2 aromatic carbocycles. The van der Waals surface area contributed by atoms with Crippen LogP contribution in [0.1, 0.15) is 17.5 Å². The molecule has 0 fully saturated rings. The quantitative estimate of drug-likeness (QED) is 0.743. The van der Waals surface area contributed by atoms with Crippen LogP contribution in [0.25, 0.3) is 11.0 Å². The molecule has 0 spiro atoms. The second-order valence-electron chi connectivity index (χ2n) is 5.94.